The fourth-order valence-electron chi connectivity index (χ4n) is 2.76. The zero-order chi connectivity index (χ0) is 12.5. The highest BCUT2D eigenvalue weighted by molar-refractivity contribution is 9.10. The molecule has 0 aromatic heterocycles. The minimum absolute atomic E-state index is 0.183. The minimum Gasteiger partial charge on any atom is -0.301 e. The Hall–Kier alpha value is -0.850. The number of hydrogen-bond donors (Lipinski definition) is 0. The van der Waals surface area contributed by atoms with Crippen molar-refractivity contribution in [3.63, 3.8) is 0 Å². The second-order valence-electron chi connectivity index (χ2n) is 5.04. The van der Waals surface area contributed by atoms with Gasteiger partial charge in [-0.15, -0.1) is 0 Å². The smallest absolute Gasteiger partial charge is 0.0770 e. The third-order valence-corrected chi connectivity index (χ3v) is 4.22. The van der Waals surface area contributed by atoms with Crippen LogP contribution in [0.25, 0.3) is 0 Å². The molecule has 2 nitrogen and oxygen atoms in total. The first-order valence-corrected chi connectivity index (χ1v) is 6.71. The molecule has 0 bridgehead atoms. The van der Waals surface area contributed by atoms with Crippen molar-refractivity contribution in [2.24, 2.45) is 5.41 Å². The maximum absolute atomic E-state index is 9.49. The first-order chi connectivity index (χ1) is 8.09. The number of rotatable bonds is 3. The summed E-state index contributed by atoms with van der Waals surface area (Å²) in [6.45, 7) is 0. The minimum atomic E-state index is -0.183. The zero-order valence-electron chi connectivity index (χ0n) is 10.3. The van der Waals surface area contributed by atoms with Gasteiger partial charge in [0.2, 0.25) is 0 Å². The van der Waals surface area contributed by atoms with Crippen molar-refractivity contribution < 1.29 is 0 Å². The third kappa shape index (κ3) is 2.25. The SMILES string of the molecule is CN(C)C(c1ccc(Br)cc1)C1(C#N)CCC1. The van der Waals surface area contributed by atoms with Gasteiger partial charge in [-0.05, 0) is 44.6 Å². The Morgan fingerprint density at radius 3 is 2.24 bits per heavy atom. The van der Waals surface area contributed by atoms with E-state index in [1.165, 1.54) is 12.0 Å². The molecule has 1 aliphatic carbocycles. The Labute approximate surface area is 111 Å². The molecule has 0 radical (unpaired) electrons. The first-order valence-electron chi connectivity index (χ1n) is 5.92. The van der Waals surface area contributed by atoms with Crippen LogP contribution >= 0.6 is 15.9 Å². The van der Waals surface area contributed by atoms with E-state index in [0.29, 0.717) is 0 Å². The molecule has 1 aromatic rings. The predicted molar refractivity (Wildman–Crippen MR) is 72.5 cm³/mol. The lowest BCUT2D eigenvalue weighted by Crippen LogP contribution is -2.41. The van der Waals surface area contributed by atoms with Gasteiger partial charge in [0.15, 0.2) is 0 Å². The number of benzene rings is 1. The molecule has 1 saturated carbocycles. The van der Waals surface area contributed by atoms with E-state index < -0.39 is 0 Å². The highest BCUT2D eigenvalue weighted by Crippen LogP contribution is 2.51. The number of halogens is 1. The molecule has 0 amide bonds. The average Bonchev–Trinajstić information content (AvgIpc) is 2.24. The standard InChI is InChI=1S/C14H17BrN2/c1-17(2)13(14(10-16)8-3-9-14)11-4-6-12(15)7-5-11/h4-7,13H,3,8-9H2,1-2H3. The lowest BCUT2D eigenvalue weighted by molar-refractivity contribution is 0.0749. The highest BCUT2D eigenvalue weighted by atomic mass is 79.9. The normalized spacial score (nSPS) is 19.5. The van der Waals surface area contributed by atoms with E-state index in [-0.39, 0.29) is 11.5 Å². The van der Waals surface area contributed by atoms with Gasteiger partial charge in [0.25, 0.3) is 0 Å². The van der Waals surface area contributed by atoms with E-state index in [2.05, 4.69) is 65.3 Å². The summed E-state index contributed by atoms with van der Waals surface area (Å²) in [6.07, 6.45) is 3.21. The molecule has 0 N–H and O–H groups in total. The summed E-state index contributed by atoms with van der Waals surface area (Å²) in [5.41, 5.74) is 1.05. The summed E-state index contributed by atoms with van der Waals surface area (Å²) in [7, 11) is 4.12. The maximum Gasteiger partial charge on any atom is 0.0770 e. The molecule has 17 heavy (non-hydrogen) atoms. The molecule has 0 saturated heterocycles. The van der Waals surface area contributed by atoms with Gasteiger partial charge >= 0.3 is 0 Å². The van der Waals surface area contributed by atoms with Crippen LogP contribution in [0, 0.1) is 16.7 Å². The van der Waals surface area contributed by atoms with Gasteiger partial charge in [-0.25, -0.2) is 0 Å². The van der Waals surface area contributed by atoms with Crippen LogP contribution in [0.4, 0.5) is 0 Å². The molecule has 1 unspecified atom stereocenters. The van der Waals surface area contributed by atoms with Crippen molar-refractivity contribution in [1.29, 1.82) is 5.26 Å². The number of hydrogen-bond acceptors (Lipinski definition) is 2. The Morgan fingerprint density at radius 2 is 1.88 bits per heavy atom. The average molecular weight is 293 g/mol. The van der Waals surface area contributed by atoms with Crippen LogP contribution in [0.15, 0.2) is 28.7 Å². The molecule has 0 spiro atoms. The molecule has 0 aliphatic heterocycles. The largest absolute Gasteiger partial charge is 0.301 e. The monoisotopic (exact) mass is 292 g/mol. The van der Waals surface area contributed by atoms with Crippen LogP contribution in [-0.2, 0) is 0 Å². The van der Waals surface area contributed by atoms with Crippen LogP contribution in [-0.4, -0.2) is 19.0 Å². The van der Waals surface area contributed by atoms with Crippen molar-refractivity contribution in [1.82, 2.24) is 4.90 Å². The summed E-state index contributed by atoms with van der Waals surface area (Å²) in [4.78, 5) is 2.17. The molecule has 1 atom stereocenters. The zero-order valence-corrected chi connectivity index (χ0v) is 11.9. The van der Waals surface area contributed by atoms with Gasteiger partial charge in [0, 0.05) is 4.47 Å². The highest BCUT2D eigenvalue weighted by Gasteiger charge is 2.46. The molecular formula is C14H17BrN2. The molecule has 1 fully saturated rings. The van der Waals surface area contributed by atoms with Crippen molar-refractivity contribution in [3.05, 3.63) is 34.3 Å². The van der Waals surface area contributed by atoms with Crippen LogP contribution in [0.3, 0.4) is 0 Å². The fraction of sp³-hybridized carbons (Fsp3) is 0.500. The van der Waals surface area contributed by atoms with E-state index in [1.807, 2.05) is 0 Å². The molecule has 1 aliphatic rings. The molecule has 1 aromatic carbocycles. The van der Waals surface area contributed by atoms with E-state index in [9.17, 15) is 5.26 Å². The Kier molecular flexibility index (Phi) is 3.56. The van der Waals surface area contributed by atoms with Gasteiger partial charge in [0.1, 0.15) is 0 Å². The molecule has 2 rings (SSSR count). The summed E-state index contributed by atoms with van der Waals surface area (Å²) in [6, 6.07) is 11.1. The van der Waals surface area contributed by atoms with E-state index >= 15 is 0 Å². The lowest BCUT2D eigenvalue weighted by Gasteiger charge is -2.45. The van der Waals surface area contributed by atoms with Crippen LogP contribution in [0.5, 0.6) is 0 Å². The molecule has 0 heterocycles. The number of nitriles is 1. The van der Waals surface area contributed by atoms with Crippen LogP contribution in [0.2, 0.25) is 0 Å². The van der Waals surface area contributed by atoms with Crippen molar-refractivity contribution >= 4 is 15.9 Å². The predicted octanol–water partition coefficient (Wildman–Crippen LogP) is 3.75. The fourth-order valence-corrected chi connectivity index (χ4v) is 3.02. The van der Waals surface area contributed by atoms with Crippen molar-refractivity contribution in [2.75, 3.05) is 14.1 Å². The Balaban J connectivity index is 2.36. The second kappa shape index (κ2) is 4.80. The summed E-state index contributed by atoms with van der Waals surface area (Å²) in [5.74, 6) is 0. The van der Waals surface area contributed by atoms with Crippen LogP contribution < -0.4 is 0 Å². The van der Waals surface area contributed by atoms with E-state index in [0.717, 1.165) is 17.3 Å². The molecule has 90 valence electrons. The number of nitrogens with zero attached hydrogens (tertiary/aromatic N) is 2. The second-order valence-corrected chi connectivity index (χ2v) is 5.95. The van der Waals surface area contributed by atoms with Gasteiger partial charge < -0.3 is 4.90 Å². The van der Waals surface area contributed by atoms with E-state index in [1.54, 1.807) is 0 Å². The lowest BCUT2D eigenvalue weighted by atomic mass is 9.63. The summed E-state index contributed by atoms with van der Waals surface area (Å²) in [5, 5.41) is 9.49. The Morgan fingerprint density at radius 1 is 1.29 bits per heavy atom. The van der Waals surface area contributed by atoms with Gasteiger partial charge in [-0.3, -0.25) is 0 Å². The quantitative estimate of drug-likeness (QED) is 0.848. The van der Waals surface area contributed by atoms with Gasteiger partial charge in [-0.1, -0.05) is 34.5 Å². The van der Waals surface area contributed by atoms with Crippen molar-refractivity contribution in [2.45, 2.75) is 25.3 Å². The van der Waals surface area contributed by atoms with Gasteiger partial charge in [-0.2, -0.15) is 5.26 Å². The maximum atomic E-state index is 9.49. The molecule has 3 heteroatoms. The first kappa shape index (κ1) is 12.6. The third-order valence-electron chi connectivity index (χ3n) is 3.69. The van der Waals surface area contributed by atoms with E-state index in [4.69, 9.17) is 0 Å². The summed E-state index contributed by atoms with van der Waals surface area (Å²) < 4.78 is 1.08. The Bertz CT molecular complexity index is 427. The van der Waals surface area contributed by atoms with Crippen LogP contribution in [0.1, 0.15) is 30.9 Å². The van der Waals surface area contributed by atoms with Crippen molar-refractivity contribution in [3.8, 4) is 6.07 Å². The summed E-state index contributed by atoms with van der Waals surface area (Å²) >= 11 is 3.45. The topological polar surface area (TPSA) is 27.0 Å². The van der Waals surface area contributed by atoms with Gasteiger partial charge in [0.05, 0.1) is 17.5 Å². The molecular weight excluding hydrogens is 276 g/mol.